The molecular formula is C33H32ClN7O5. The number of fused-ring (bicyclic) bond motifs is 1. The number of nitrogen functional groups attached to an aromatic ring is 1. The lowest BCUT2D eigenvalue weighted by Crippen LogP contribution is -2.25. The van der Waals surface area contributed by atoms with Crippen LogP contribution in [0.25, 0.3) is 11.2 Å². The molecule has 1 unspecified atom stereocenters. The van der Waals surface area contributed by atoms with Gasteiger partial charge in [0, 0.05) is 31.6 Å². The fraction of sp³-hybridized carbons (Fsp3) is 0.212. The fourth-order valence-corrected chi connectivity index (χ4v) is 4.95. The van der Waals surface area contributed by atoms with Gasteiger partial charge in [-0.3, -0.25) is 14.8 Å². The maximum Gasteiger partial charge on any atom is 0.329 e. The zero-order valence-corrected chi connectivity index (χ0v) is 26.4. The van der Waals surface area contributed by atoms with E-state index in [0.717, 1.165) is 5.56 Å². The first-order valence-corrected chi connectivity index (χ1v) is 14.7. The Labute approximate surface area is 270 Å². The topological polar surface area (TPSA) is 159 Å². The number of nitrogens with one attached hydrogen (secondary N) is 1. The van der Waals surface area contributed by atoms with Crippen LogP contribution in [0.4, 0.5) is 0 Å². The molecule has 3 aromatic carbocycles. The van der Waals surface area contributed by atoms with Gasteiger partial charge in [0.05, 0.1) is 11.6 Å². The molecule has 1 amide bonds. The lowest BCUT2D eigenvalue weighted by atomic mass is 10.1. The van der Waals surface area contributed by atoms with Crippen LogP contribution in [0.1, 0.15) is 40.3 Å². The molecule has 236 valence electrons. The number of hydrogen-bond donors (Lipinski definition) is 2. The number of amides is 1. The van der Waals surface area contributed by atoms with Gasteiger partial charge in [-0.2, -0.15) is 9.97 Å². The molecule has 0 aliphatic heterocycles. The molecular weight excluding hydrogens is 610 g/mol. The zero-order chi connectivity index (χ0) is 33.0. The number of nitrogens with zero attached hydrogens (tertiary/aromatic N) is 5. The quantitative estimate of drug-likeness (QED) is 0.105. The first kappa shape index (κ1) is 31.9. The van der Waals surface area contributed by atoms with E-state index in [0.29, 0.717) is 29.1 Å². The summed E-state index contributed by atoms with van der Waals surface area (Å²) in [4.78, 5) is 41.4. The third kappa shape index (κ3) is 6.92. The highest BCUT2D eigenvalue weighted by Gasteiger charge is 2.29. The number of carbonyl (C=O) groups excluding carboxylic acids is 2. The van der Waals surface area contributed by atoms with Crippen molar-refractivity contribution in [3.05, 3.63) is 100 Å². The van der Waals surface area contributed by atoms with Crippen LogP contribution in [-0.2, 0) is 16.0 Å². The van der Waals surface area contributed by atoms with Crippen LogP contribution in [0.15, 0.2) is 72.8 Å². The Bertz CT molecular complexity index is 1930. The van der Waals surface area contributed by atoms with Crippen LogP contribution in [0, 0.1) is 12.3 Å². The van der Waals surface area contributed by atoms with Gasteiger partial charge >= 0.3 is 12.0 Å². The van der Waals surface area contributed by atoms with Gasteiger partial charge in [0.25, 0.3) is 11.8 Å². The largest absolute Gasteiger partial charge is 0.464 e. The number of aryl methyl sites for hydroxylation is 1. The second-order valence-corrected chi connectivity index (χ2v) is 10.9. The van der Waals surface area contributed by atoms with Crippen LogP contribution >= 0.6 is 11.6 Å². The van der Waals surface area contributed by atoms with Crippen molar-refractivity contribution in [2.45, 2.75) is 26.3 Å². The number of ether oxygens (including phenoxy) is 3. The molecule has 0 aliphatic carbocycles. The van der Waals surface area contributed by atoms with E-state index in [1.165, 1.54) is 11.0 Å². The number of nitrogens with two attached hydrogens (primary N) is 1. The Morgan fingerprint density at radius 2 is 1.74 bits per heavy atom. The van der Waals surface area contributed by atoms with E-state index in [1.807, 2.05) is 30.3 Å². The molecule has 0 aliphatic rings. The molecule has 0 fully saturated rings. The van der Waals surface area contributed by atoms with E-state index in [-0.39, 0.29) is 52.2 Å². The van der Waals surface area contributed by atoms with E-state index in [9.17, 15) is 9.59 Å². The minimum atomic E-state index is -0.839. The zero-order valence-electron chi connectivity index (χ0n) is 25.7. The summed E-state index contributed by atoms with van der Waals surface area (Å²) in [6, 6.07) is 19.8. The highest BCUT2D eigenvalue weighted by molar-refractivity contribution is 6.32. The summed E-state index contributed by atoms with van der Waals surface area (Å²) in [6.07, 6.45) is 0.295. The predicted molar refractivity (Wildman–Crippen MR) is 173 cm³/mol. The van der Waals surface area contributed by atoms with Crippen molar-refractivity contribution < 1.29 is 23.8 Å². The summed E-state index contributed by atoms with van der Waals surface area (Å²) >= 11 is 6.43. The van der Waals surface area contributed by atoms with Crippen molar-refractivity contribution in [2.24, 2.45) is 5.73 Å². The van der Waals surface area contributed by atoms with Crippen molar-refractivity contribution in [1.82, 2.24) is 24.4 Å². The van der Waals surface area contributed by atoms with Gasteiger partial charge < -0.3 is 24.8 Å². The van der Waals surface area contributed by atoms with Crippen molar-refractivity contribution >= 4 is 40.5 Å². The second-order valence-electron chi connectivity index (χ2n) is 10.5. The fourth-order valence-electron chi connectivity index (χ4n) is 4.79. The smallest absolute Gasteiger partial charge is 0.329 e. The number of benzene rings is 3. The number of amidine groups is 1. The Morgan fingerprint density at radius 1 is 0.978 bits per heavy atom. The van der Waals surface area contributed by atoms with Crippen LogP contribution in [0.3, 0.4) is 0 Å². The minimum absolute atomic E-state index is 0.0115. The Kier molecular flexibility index (Phi) is 9.47. The van der Waals surface area contributed by atoms with Crippen molar-refractivity contribution in [2.75, 3.05) is 20.7 Å². The molecule has 2 aromatic heterocycles. The van der Waals surface area contributed by atoms with E-state index in [1.54, 1.807) is 68.9 Å². The summed E-state index contributed by atoms with van der Waals surface area (Å²) in [5.74, 6) is 0.0674. The van der Waals surface area contributed by atoms with Gasteiger partial charge in [-0.1, -0.05) is 48.0 Å². The number of imidazole rings is 1. The number of carbonyl (C=O) groups is 2. The van der Waals surface area contributed by atoms with Crippen LogP contribution in [0.2, 0.25) is 5.02 Å². The Balaban J connectivity index is 1.68. The predicted octanol–water partition coefficient (Wildman–Crippen LogP) is 5.71. The van der Waals surface area contributed by atoms with E-state index < -0.39 is 12.0 Å². The Hall–Kier alpha value is -5.49. The maximum absolute atomic E-state index is 13.4. The molecule has 0 saturated carbocycles. The molecule has 0 spiro atoms. The summed E-state index contributed by atoms with van der Waals surface area (Å²) in [5.41, 5.74) is 7.87. The molecule has 3 N–H and O–H groups in total. The number of aromatic nitrogens is 4. The second kappa shape index (κ2) is 13.7. The molecule has 5 rings (SSSR count). The lowest BCUT2D eigenvalue weighted by molar-refractivity contribution is -0.147. The monoisotopic (exact) mass is 641 g/mol. The molecule has 13 heteroatoms. The molecule has 2 heterocycles. The number of hydrogen-bond acceptors (Lipinski definition) is 9. The summed E-state index contributed by atoms with van der Waals surface area (Å²) in [6.45, 7) is 3.66. The number of rotatable bonds is 11. The first-order valence-electron chi connectivity index (χ1n) is 14.3. The highest BCUT2D eigenvalue weighted by Crippen LogP contribution is 2.35. The molecule has 5 aromatic rings. The van der Waals surface area contributed by atoms with Gasteiger partial charge in [-0.25, -0.2) is 9.78 Å². The number of halogens is 1. The third-order valence-corrected chi connectivity index (χ3v) is 7.26. The van der Waals surface area contributed by atoms with E-state index in [2.05, 4.69) is 9.97 Å². The Morgan fingerprint density at radius 3 is 2.43 bits per heavy atom. The van der Waals surface area contributed by atoms with Gasteiger partial charge in [-0.05, 0) is 55.8 Å². The number of esters is 1. The average molecular weight is 642 g/mol. The molecule has 1 atom stereocenters. The molecule has 0 saturated heterocycles. The normalized spacial score (nSPS) is 11.6. The lowest BCUT2D eigenvalue weighted by Gasteiger charge is -2.19. The summed E-state index contributed by atoms with van der Waals surface area (Å²) < 4.78 is 19.4. The SMILES string of the molecule is CCOC(=O)C(Cc1ccccc1)n1c(C)nc2c(Oc3cccc(C(=O)N(C)C)c3)nc(Oc3cc(C(=N)N)ccc3Cl)nc21. The van der Waals surface area contributed by atoms with Crippen molar-refractivity contribution in [3.63, 3.8) is 0 Å². The maximum atomic E-state index is 13.4. The van der Waals surface area contributed by atoms with Crippen LogP contribution in [0.5, 0.6) is 23.4 Å². The van der Waals surface area contributed by atoms with Gasteiger partial charge in [-0.15, -0.1) is 0 Å². The molecule has 46 heavy (non-hydrogen) atoms. The molecule has 0 bridgehead atoms. The van der Waals surface area contributed by atoms with Crippen LogP contribution < -0.4 is 15.2 Å². The van der Waals surface area contributed by atoms with E-state index in [4.69, 9.17) is 41.9 Å². The summed E-state index contributed by atoms with van der Waals surface area (Å²) in [5, 5.41) is 8.04. The van der Waals surface area contributed by atoms with Gasteiger partial charge in [0.1, 0.15) is 29.2 Å². The first-order chi connectivity index (χ1) is 22.0. The van der Waals surface area contributed by atoms with Gasteiger partial charge in [0.15, 0.2) is 11.2 Å². The minimum Gasteiger partial charge on any atom is -0.464 e. The van der Waals surface area contributed by atoms with Gasteiger partial charge in [0.2, 0.25) is 0 Å². The highest BCUT2D eigenvalue weighted by atomic mass is 35.5. The standard InChI is InChI=1S/C33H32ClN7O5/c1-5-44-32(43)25(16-20-10-7-6-8-11-20)41-19(2)37-27-29(41)38-33(46-26-18-21(28(35)36)14-15-24(26)34)39-30(27)45-23-13-9-12-22(17-23)31(42)40(3)4/h6-15,17-18,25H,5,16H2,1-4H3,(H3,35,36). The molecule has 12 nitrogen and oxygen atoms in total. The van der Waals surface area contributed by atoms with Crippen molar-refractivity contribution in [3.8, 4) is 23.4 Å². The third-order valence-electron chi connectivity index (χ3n) is 6.95. The van der Waals surface area contributed by atoms with E-state index >= 15 is 0 Å². The van der Waals surface area contributed by atoms with Crippen LogP contribution in [-0.4, -0.2) is 62.8 Å². The summed E-state index contributed by atoms with van der Waals surface area (Å²) in [7, 11) is 3.31. The molecule has 0 radical (unpaired) electrons. The van der Waals surface area contributed by atoms with Crippen molar-refractivity contribution in [1.29, 1.82) is 5.41 Å². The average Bonchev–Trinajstić information content (AvgIpc) is 3.36.